The van der Waals surface area contributed by atoms with Crippen LogP contribution in [0.3, 0.4) is 0 Å². The lowest BCUT2D eigenvalue weighted by Gasteiger charge is -2.30. The van der Waals surface area contributed by atoms with Crippen molar-refractivity contribution in [2.24, 2.45) is 5.92 Å². The van der Waals surface area contributed by atoms with Gasteiger partial charge >= 0.3 is 5.97 Å². The second kappa shape index (κ2) is 8.84. The lowest BCUT2D eigenvalue weighted by atomic mass is 9.98. The SMILES string of the molecule is Cc1ccc(C(=O)COC(=O)C2CCN(S(=O)(=O)c3ccc(F)cc3)CC2)cc1. The molecule has 0 N–H and O–H groups in total. The molecular formula is C21H22FNO5S. The van der Waals surface area contributed by atoms with Crippen LogP contribution in [0.1, 0.15) is 28.8 Å². The summed E-state index contributed by atoms with van der Waals surface area (Å²) in [6, 6.07) is 11.6. The lowest BCUT2D eigenvalue weighted by molar-refractivity contribution is -0.148. The normalized spacial score (nSPS) is 15.8. The van der Waals surface area contributed by atoms with Crippen molar-refractivity contribution in [2.75, 3.05) is 19.7 Å². The van der Waals surface area contributed by atoms with Gasteiger partial charge in [-0.05, 0) is 44.0 Å². The zero-order valence-corrected chi connectivity index (χ0v) is 16.8. The number of benzene rings is 2. The number of esters is 1. The van der Waals surface area contributed by atoms with Crippen LogP contribution in [0.25, 0.3) is 0 Å². The predicted octanol–water partition coefficient (Wildman–Crippen LogP) is 2.96. The highest BCUT2D eigenvalue weighted by molar-refractivity contribution is 7.89. The quantitative estimate of drug-likeness (QED) is 0.531. The van der Waals surface area contributed by atoms with Gasteiger partial charge in [-0.2, -0.15) is 4.31 Å². The fourth-order valence-corrected chi connectivity index (χ4v) is 4.63. The number of piperidine rings is 1. The molecule has 0 saturated carbocycles. The number of carbonyl (C=O) groups is 2. The van der Waals surface area contributed by atoms with Crippen LogP contribution in [-0.4, -0.2) is 44.2 Å². The Labute approximate surface area is 169 Å². The van der Waals surface area contributed by atoms with Crippen molar-refractivity contribution in [2.45, 2.75) is 24.7 Å². The second-order valence-electron chi connectivity index (χ2n) is 7.03. The van der Waals surface area contributed by atoms with Crippen LogP contribution >= 0.6 is 0 Å². The van der Waals surface area contributed by atoms with Crippen LogP contribution in [0.15, 0.2) is 53.4 Å². The molecule has 1 heterocycles. The van der Waals surface area contributed by atoms with E-state index in [9.17, 15) is 22.4 Å². The van der Waals surface area contributed by atoms with Gasteiger partial charge in [0.05, 0.1) is 10.8 Å². The van der Waals surface area contributed by atoms with Gasteiger partial charge in [0.2, 0.25) is 10.0 Å². The van der Waals surface area contributed by atoms with Crippen LogP contribution in [-0.2, 0) is 19.6 Å². The molecular weight excluding hydrogens is 397 g/mol. The Hall–Kier alpha value is -2.58. The highest BCUT2D eigenvalue weighted by Gasteiger charge is 2.33. The fraction of sp³-hybridized carbons (Fsp3) is 0.333. The van der Waals surface area contributed by atoms with Gasteiger partial charge < -0.3 is 4.74 Å². The van der Waals surface area contributed by atoms with E-state index in [0.29, 0.717) is 18.4 Å². The molecule has 0 radical (unpaired) electrons. The van der Waals surface area contributed by atoms with E-state index in [1.54, 1.807) is 12.1 Å². The topological polar surface area (TPSA) is 80.8 Å². The summed E-state index contributed by atoms with van der Waals surface area (Å²) in [5, 5.41) is 0. The second-order valence-corrected chi connectivity index (χ2v) is 8.97. The number of ether oxygens (including phenoxy) is 1. The molecule has 29 heavy (non-hydrogen) atoms. The number of ketones is 1. The van der Waals surface area contributed by atoms with E-state index in [-0.39, 0.29) is 30.4 Å². The molecule has 0 amide bonds. The molecule has 0 unspecified atom stereocenters. The summed E-state index contributed by atoms with van der Waals surface area (Å²) in [5.41, 5.74) is 1.50. The van der Waals surface area contributed by atoms with Gasteiger partial charge in [0.15, 0.2) is 12.4 Å². The summed E-state index contributed by atoms with van der Waals surface area (Å²) in [6.07, 6.45) is 0.607. The van der Waals surface area contributed by atoms with Gasteiger partial charge in [-0.1, -0.05) is 29.8 Å². The van der Waals surface area contributed by atoms with Crippen LogP contribution in [0.4, 0.5) is 4.39 Å². The molecule has 3 rings (SSSR count). The van der Waals surface area contributed by atoms with Crippen molar-refractivity contribution in [3.8, 4) is 0 Å². The first kappa shape index (κ1) is 21.1. The largest absolute Gasteiger partial charge is 0.457 e. The summed E-state index contributed by atoms with van der Waals surface area (Å²) < 4.78 is 44.7. The van der Waals surface area contributed by atoms with E-state index < -0.39 is 27.7 Å². The van der Waals surface area contributed by atoms with E-state index in [1.165, 1.54) is 16.4 Å². The van der Waals surface area contributed by atoms with E-state index >= 15 is 0 Å². The molecule has 0 atom stereocenters. The Bertz CT molecular complexity index is 979. The smallest absolute Gasteiger partial charge is 0.309 e. The number of hydrogen-bond donors (Lipinski definition) is 0. The van der Waals surface area contributed by atoms with Gasteiger partial charge in [-0.15, -0.1) is 0 Å². The zero-order valence-electron chi connectivity index (χ0n) is 16.0. The Morgan fingerprint density at radius 2 is 1.62 bits per heavy atom. The standard InChI is InChI=1S/C21H22FNO5S/c1-15-2-4-16(5-3-15)20(24)14-28-21(25)17-10-12-23(13-11-17)29(26,27)19-8-6-18(22)7-9-19/h2-9,17H,10-14H2,1H3. The van der Waals surface area contributed by atoms with Gasteiger partial charge in [0.1, 0.15) is 5.82 Å². The summed E-state index contributed by atoms with van der Waals surface area (Å²) in [4.78, 5) is 24.4. The van der Waals surface area contributed by atoms with Crippen molar-refractivity contribution in [1.82, 2.24) is 4.31 Å². The van der Waals surface area contributed by atoms with Crippen LogP contribution in [0.2, 0.25) is 0 Å². The van der Waals surface area contributed by atoms with Crippen molar-refractivity contribution in [1.29, 1.82) is 0 Å². The molecule has 1 saturated heterocycles. The predicted molar refractivity (Wildman–Crippen MR) is 104 cm³/mol. The Morgan fingerprint density at radius 1 is 1.03 bits per heavy atom. The molecule has 154 valence electrons. The van der Waals surface area contributed by atoms with Crippen molar-refractivity contribution >= 4 is 21.8 Å². The van der Waals surface area contributed by atoms with Gasteiger partial charge in [0.25, 0.3) is 0 Å². The number of rotatable bonds is 6. The highest BCUT2D eigenvalue weighted by Crippen LogP contribution is 2.25. The fourth-order valence-electron chi connectivity index (χ4n) is 3.16. The summed E-state index contributed by atoms with van der Waals surface area (Å²) in [7, 11) is -3.73. The van der Waals surface area contributed by atoms with Gasteiger partial charge in [-0.25, -0.2) is 12.8 Å². The molecule has 0 bridgehead atoms. The summed E-state index contributed by atoms with van der Waals surface area (Å²) >= 11 is 0. The highest BCUT2D eigenvalue weighted by atomic mass is 32.2. The van der Waals surface area contributed by atoms with E-state index in [1.807, 2.05) is 19.1 Å². The molecule has 8 heteroatoms. The monoisotopic (exact) mass is 419 g/mol. The molecule has 1 fully saturated rings. The maximum atomic E-state index is 13.0. The van der Waals surface area contributed by atoms with E-state index in [2.05, 4.69) is 0 Å². The average Bonchev–Trinajstić information content (AvgIpc) is 2.72. The minimum atomic E-state index is -3.73. The maximum Gasteiger partial charge on any atom is 0.309 e. The number of carbonyl (C=O) groups excluding carboxylic acids is 2. The number of sulfonamides is 1. The Balaban J connectivity index is 1.52. The third-order valence-electron chi connectivity index (χ3n) is 4.96. The summed E-state index contributed by atoms with van der Waals surface area (Å²) in [5.74, 6) is -1.75. The molecule has 1 aliphatic heterocycles. The van der Waals surface area contributed by atoms with Crippen LogP contribution in [0.5, 0.6) is 0 Å². The maximum absolute atomic E-state index is 13.0. The molecule has 6 nitrogen and oxygen atoms in total. The Morgan fingerprint density at radius 3 is 2.21 bits per heavy atom. The third kappa shape index (κ3) is 5.07. The first-order valence-corrected chi connectivity index (χ1v) is 10.7. The van der Waals surface area contributed by atoms with E-state index in [0.717, 1.165) is 17.7 Å². The molecule has 2 aromatic rings. The van der Waals surface area contributed by atoms with Gasteiger partial charge in [0, 0.05) is 18.7 Å². The molecule has 2 aromatic carbocycles. The first-order valence-electron chi connectivity index (χ1n) is 9.29. The van der Waals surface area contributed by atoms with Crippen molar-refractivity contribution in [3.05, 3.63) is 65.5 Å². The number of halogens is 1. The van der Waals surface area contributed by atoms with E-state index in [4.69, 9.17) is 4.74 Å². The molecule has 0 aromatic heterocycles. The zero-order chi connectivity index (χ0) is 21.0. The number of hydrogen-bond acceptors (Lipinski definition) is 5. The van der Waals surface area contributed by atoms with Crippen molar-refractivity contribution < 1.29 is 27.1 Å². The Kier molecular flexibility index (Phi) is 6.44. The third-order valence-corrected chi connectivity index (χ3v) is 6.87. The van der Waals surface area contributed by atoms with Gasteiger partial charge in [-0.3, -0.25) is 9.59 Å². The first-order chi connectivity index (χ1) is 13.8. The molecule has 0 spiro atoms. The minimum absolute atomic E-state index is 0.0172. The minimum Gasteiger partial charge on any atom is -0.457 e. The number of aryl methyl sites for hydroxylation is 1. The molecule has 1 aliphatic rings. The number of Topliss-reactive ketones (excluding diaryl/α,β-unsaturated/α-hetero) is 1. The lowest BCUT2D eigenvalue weighted by Crippen LogP contribution is -2.40. The average molecular weight is 419 g/mol. The van der Waals surface area contributed by atoms with Crippen molar-refractivity contribution in [3.63, 3.8) is 0 Å². The molecule has 0 aliphatic carbocycles. The number of nitrogens with zero attached hydrogens (tertiary/aromatic N) is 1. The van der Waals surface area contributed by atoms with Crippen LogP contribution in [0, 0.1) is 18.7 Å². The summed E-state index contributed by atoms with van der Waals surface area (Å²) in [6.45, 7) is 1.89. The van der Waals surface area contributed by atoms with Crippen LogP contribution < -0.4 is 0 Å².